The Bertz CT molecular complexity index is 1330. The van der Waals surface area contributed by atoms with Gasteiger partial charge >= 0.3 is 6.09 Å². The summed E-state index contributed by atoms with van der Waals surface area (Å²) in [5, 5.41) is 13.6. The van der Waals surface area contributed by atoms with Crippen molar-refractivity contribution in [2.24, 2.45) is 0 Å². The molecule has 41 heavy (non-hydrogen) atoms. The van der Waals surface area contributed by atoms with E-state index < -0.39 is 5.60 Å². The summed E-state index contributed by atoms with van der Waals surface area (Å²) >= 11 is 0. The molecule has 3 fully saturated rings. The van der Waals surface area contributed by atoms with Gasteiger partial charge in [0, 0.05) is 55.7 Å². The second-order valence-corrected chi connectivity index (χ2v) is 12.3. The highest BCUT2D eigenvalue weighted by atomic mass is 16.6. The number of carbonyl (C=O) groups is 1. The van der Waals surface area contributed by atoms with Gasteiger partial charge in [0.25, 0.3) is 0 Å². The number of hydrogen-bond donors (Lipinski definition) is 1. The SMILES string of the molecule is C[C@@H]1Oc2c(cc(C3CCN(C4CN(C(=O)OC(C)(C)C)C4)CC3)nc2C#N)Nc2nccc(N3CCOCC3)c21. The molecule has 0 bridgehead atoms. The number of morpholine rings is 1. The minimum absolute atomic E-state index is 0.236. The number of pyridine rings is 2. The first kappa shape index (κ1) is 27.5. The third-order valence-corrected chi connectivity index (χ3v) is 8.35. The molecule has 218 valence electrons. The van der Waals surface area contributed by atoms with E-state index in [2.05, 4.69) is 26.2 Å². The Morgan fingerprint density at radius 3 is 2.59 bits per heavy atom. The topological polar surface area (TPSA) is 116 Å². The van der Waals surface area contributed by atoms with E-state index in [0.717, 1.165) is 67.5 Å². The van der Waals surface area contributed by atoms with Gasteiger partial charge < -0.3 is 29.3 Å². The van der Waals surface area contributed by atoms with Gasteiger partial charge in [0.15, 0.2) is 11.4 Å². The molecule has 1 amide bonds. The van der Waals surface area contributed by atoms with Crippen molar-refractivity contribution < 1.29 is 19.0 Å². The van der Waals surface area contributed by atoms with Gasteiger partial charge in [0.2, 0.25) is 0 Å². The molecule has 0 aliphatic carbocycles. The number of nitriles is 1. The number of aromatic nitrogens is 2. The quantitative estimate of drug-likeness (QED) is 0.585. The summed E-state index contributed by atoms with van der Waals surface area (Å²) < 4.78 is 17.5. The minimum Gasteiger partial charge on any atom is -0.481 e. The van der Waals surface area contributed by atoms with Gasteiger partial charge in [0.05, 0.1) is 24.5 Å². The van der Waals surface area contributed by atoms with Crippen LogP contribution < -0.4 is 15.0 Å². The lowest BCUT2D eigenvalue weighted by atomic mass is 9.90. The largest absolute Gasteiger partial charge is 0.481 e. The predicted octanol–water partition coefficient (Wildman–Crippen LogP) is 4.18. The van der Waals surface area contributed by atoms with Gasteiger partial charge in [0.1, 0.15) is 23.6 Å². The highest BCUT2D eigenvalue weighted by Gasteiger charge is 2.39. The van der Waals surface area contributed by atoms with Gasteiger partial charge in [-0.1, -0.05) is 0 Å². The molecule has 0 aromatic carbocycles. The predicted molar refractivity (Wildman–Crippen MR) is 154 cm³/mol. The van der Waals surface area contributed by atoms with Crippen LogP contribution in [0, 0.1) is 11.3 Å². The average molecular weight is 562 g/mol. The molecule has 3 saturated heterocycles. The van der Waals surface area contributed by atoms with E-state index in [1.807, 2.05) is 46.0 Å². The van der Waals surface area contributed by atoms with Crippen LogP contribution in [0.1, 0.15) is 69.5 Å². The minimum atomic E-state index is -0.481. The van der Waals surface area contributed by atoms with Crippen LogP contribution in [0.4, 0.5) is 22.0 Å². The summed E-state index contributed by atoms with van der Waals surface area (Å²) in [6.45, 7) is 13.9. The van der Waals surface area contributed by atoms with E-state index >= 15 is 0 Å². The second kappa shape index (κ2) is 11.0. The molecule has 0 unspecified atom stereocenters. The molecule has 11 heteroatoms. The number of nitrogens with one attached hydrogen (secondary N) is 1. The Morgan fingerprint density at radius 2 is 1.90 bits per heavy atom. The summed E-state index contributed by atoms with van der Waals surface area (Å²) in [6, 6.07) is 6.70. The number of rotatable bonds is 3. The van der Waals surface area contributed by atoms with Gasteiger partial charge in [-0.15, -0.1) is 0 Å². The maximum absolute atomic E-state index is 12.3. The van der Waals surface area contributed by atoms with Crippen molar-refractivity contribution >= 4 is 23.3 Å². The Hall–Kier alpha value is -3.62. The lowest BCUT2D eigenvalue weighted by Gasteiger charge is -2.47. The maximum atomic E-state index is 12.3. The zero-order valence-corrected chi connectivity index (χ0v) is 24.4. The zero-order chi connectivity index (χ0) is 28.7. The van der Waals surface area contributed by atoms with Crippen LogP contribution in [0.2, 0.25) is 0 Å². The molecular formula is C30H39N7O4. The monoisotopic (exact) mass is 561 g/mol. The molecule has 1 N–H and O–H groups in total. The fourth-order valence-corrected chi connectivity index (χ4v) is 6.18. The molecule has 6 heterocycles. The van der Waals surface area contributed by atoms with E-state index in [1.165, 1.54) is 0 Å². The standard InChI is InChI=1S/C30H39N7O4/c1-19-26-25(36-11-13-39-14-12-36)5-8-32-28(26)34-23-15-22(33-24(16-31)27(23)40-19)20-6-9-35(10-7-20)21-17-37(18-21)29(38)41-30(2,3)4/h5,8,15,19-21H,6-7,9-14,17-18H2,1-4H3,(H,32,34)/t19-/m0/s1. The number of ether oxygens (including phenoxy) is 3. The van der Waals surface area contributed by atoms with E-state index in [-0.39, 0.29) is 18.1 Å². The van der Waals surface area contributed by atoms with Crippen molar-refractivity contribution in [3.63, 3.8) is 0 Å². The van der Waals surface area contributed by atoms with Gasteiger partial charge in [-0.3, -0.25) is 4.90 Å². The smallest absolute Gasteiger partial charge is 0.410 e. The summed E-state index contributed by atoms with van der Waals surface area (Å²) in [5.41, 5.74) is 3.51. The third-order valence-electron chi connectivity index (χ3n) is 8.35. The van der Waals surface area contributed by atoms with Crippen molar-refractivity contribution in [1.82, 2.24) is 19.8 Å². The number of carbonyl (C=O) groups excluding carboxylic acids is 1. The van der Waals surface area contributed by atoms with Crippen LogP contribution in [-0.2, 0) is 9.47 Å². The molecule has 0 spiro atoms. The summed E-state index contributed by atoms with van der Waals surface area (Å²) in [7, 11) is 0. The Morgan fingerprint density at radius 1 is 1.17 bits per heavy atom. The lowest BCUT2D eigenvalue weighted by Crippen LogP contribution is -2.62. The Kier molecular flexibility index (Phi) is 7.38. The van der Waals surface area contributed by atoms with E-state index in [1.54, 1.807) is 4.90 Å². The maximum Gasteiger partial charge on any atom is 0.410 e. The number of nitrogens with zero attached hydrogens (tertiary/aromatic N) is 6. The van der Waals surface area contributed by atoms with E-state index in [9.17, 15) is 10.1 Å². The lowest BCUT2D eigenvalue weighted by molar-refractivity contribution is -0.0197. The Labute approximate surface area is 241 Å². The summed E-state index contributed by atoms with van der Waals surface area (Å²) in [6.07, 6.45) is 3.15. The normalized spacial score (nSPS) is 21.9. The molecule has 2 aromatic heterocycles. The molecule has 4 aliphatic heterocycles. The fraction of sp³-hybridized carbons (Fsp3) is 0.600. The van der Waals surface area contributed by atoms with Gasteiger partial charge in [-0.25, -0.2) is 14.8 Å². The number of likely N-dealkylation sites (tertiary alicyclic amines) is 2. The molecule has 4 aliphatic rings. The van der Waals surface area contributed by atoms with Crippen LogP contribution in [-0.4, -0.2) is 90.0 Å². The first-order chi connectivity index (χ1) is 19.7. The molecule has 0 saturated carbocycles. The van der Waals surface area contributed by atoms with Crippen LogP contribution in [0.25, 0.3) is 0 Å². The summed E-state index contributed by atoms with van der Waals surface area (Å²) in [4.78, 5) is 28.3. The first-order valence-electron chi connectivity index (χ1n) is 14.6. The third kappa shape index (κ3) is 5.63. The zero-order valence-electron chi connectivity index (χ0n) is 24.4. The number of hydrogen-bond acceptors (Lipinski definition) is 10. The van der Waals surface area contributed by atoms with Gasteiger partial charge in [-0.2, -0.15) is 5.26 Å². The van der Waals surface area contributed by atoms with Crippen molar-refractivity contribution in [2.75, 3.05) is 62.7 Å². The molecule has 1 atom stereocenters. The molecule has 0 radical (unpaired) electrons. The number of piperidine rings is 1. The van der Waals surface area contributed by atoms with Crippen molar-refractivity contribution in [2.45, 2.75) is 64.2 Å². The van der Waals surface area contributed by atoms with Crippen LogP contribution >= 0.6 is 0 Å². The van der Waals surface area contributed by atoms with Crippen molar-refractivity contribution in [1.29, 1.82) is 5.26 Å². The van der Waals surface area contributed by atoms with Crippen LogP contribution in [0.15, 0.2) is 18.3 Å². The highest BCUT2D eigenvalue weighted by molar-refractivity contribution is 5.75. The van der Waals surface area contributed by atoms with Crippen LogP contribution in [0.3, 0.4) is 0 Å². The summed E-state index contributed by atoms with van der Waals surface area (Å²) in [5.74, 6) is 1.46. The fourth-order valence-electron chi connectivity index (χ4n) is 6.18. The number of fused-ring (bicyclic) bond motifs is 2. The number of amides is 1. The van der Waals surface area contributed by atoms with E-state index in [4.69, 9.17) is 19.2 Å². The van der Waals surface area contributed by atoms with Gasteiger partial charge in [-0.05, 0) is 65.8 Å². The molecule has 2 aromatic rings. The molecular weight excluding hydrogens is 522 g/mol. The first-order valence-corrected chi connectivity index (χ1v) is 14.6. The molecule has 11 nitrogen and oxygen atoms in total. The Balaban J connectivity index is 1.16. The highest BCUT2D eigenvalue weighted by Crippen LogP contribution is 2.44. The average Bonchev–Trinajstić information content (AvgIpc) is 3.07. The molecule has 6 rings (SSSR count). The van der Waals surface area contributed by atoms with Crippen LogP contribution in [0.5, 0.6) is 5.75 Å². The second-order valence-electron chi connectivity index (χ2n) is 12.3. The van der Waals surface area contributed by atoms with E-state index in [0.29, 0.717) is 43.8 Å². The number of anilines is 3. The van der Waals surface area contributed by atoms with Crippen molar-refractivity contribution in [3.8, 4) is 11.8 Å². The van der Waals surface area contributed by atoms with Crippen molar-refractivity contribution in [3.05, 3.63) is 35.3 Å².